The molecular formula is C67H68N2O8P2. The molecule has 4 heterocycles. The number of hydrogen-bond donors (Lipinski definition) is 0. The van der Waals surface area contributed by atoms with Crippen molar-refractivity contribution in [2.75, 3.05) is 27.2 Å². The van der Waals surface area contributed by atoms with Crippen LogP contribution in [0.5, 0.6) is 0 Å². The molecular weight excluding hydrogens is 1020 g/mol. The van der Waals surface area contributed by atoms with Crippen LogP contribution in [-0.4, -0.2) is 72.5 Å². The summed E-state index contributed by atoms with van der Waals surface area (Å²) in [6.07, 6.45) is -2.07. The van der Waals surface area contributed by atoms with Crippen LogP contribution < -0.4 is 0 Å². The lowest BCUT2D eigenvalue weighted by Gasteiger charge is -2.41. The van der Waals surface area contributed by atoms with E-state index in [-0.39, 0.29) is 0 Å². The van der Waals surface area contributed by atoms with E-state index in [4.69, 9.17) is 37.0 Å². The molecule has 0 unspecified atom stereocenters. The zero-order valence-electron chi connectivity index (χ0n) is 45.6. The largest absolute Gasteiger partial charge is 0.341 e. The fourth-order valence-electron chi connectivity index (χ4n) is 12.3. The summed E-state index contributed by atoms with van der Waals surface area (Å²) in [5.41, 5.74) is 2.72. The van der Waals surface area contributed by atoms with Gasteiger partial charge in [0.2, 0.25) is 0 Å². The highest BCUT2D eigenvalue weighted by molar-refractivity contribution is 7.45. The molecule has 0 spiro atoms. The fraction of sp³-hybridized carbons (Fsp3) is 0.284. The first-order valence-electron chi connectivity index (χ1n) is 27.3. The topological polar surface area (TPSA) is 80.3 Å². The predicted octanol–water partition coefficient (Wildman–Crippen LogP) is 14.6. The molecule has 8 aromatic carbocycles. The van der Waals surface area contributed by atoms with Gasteiger partial charge >= 0.3 is 0 Å². The fourth-order valence-corrected chi connectivity index (χ4v) is 15.8. The van der Waals surface area contributed by atoms with Crippen LogP contribution in [0.25, 0.3) is 0 Å². The van der Waals surface area contributed by atoms with Gasteiger partial charge in [0.1, 0.15) is 24.4 Å². The first kappa shape index (κ1) is 53.8. The van der Waals surface area contributed by atoms with E-state index in [1.807, 2.05) is 76.2 Å². The molecule has 4 aliphatic rings. The molecule has 0 aliphatic carbocycles. The molecule has 0 radical (unpaired) electrons. The molecule has 4 aliphatic heterocycles. The summed E-state index contributed by atoms with van der Waals surface area (Å²) in [5.74, 6) is -2.01. The van der Waals surface area contributed by atoms with Gasteiger partial charge in [-0.2, -0.15) is 0 Å². The van der Waals surface area contributed by atoms with Crippen LogP contribution >= 0.6 is 17.1 Å². The maximum absolute atomic E-state index is 7.92. The van der Waals surface area contributed by atoms with Gasteiger partial charge in [0.05, 0.1) is 0 Å². The van der Waals surface area contributed by atoms with E-state index >= 15 is 0 Å². The summed E-state index contributed by atoms with van der Waals surface area (Å²) in [5, 5.41) is 0. The second-order valence-electron chi connectivity index (χ2n) is 21.8. The third-order valence-corrected chi connectivity index (χ3v) is 19.1. The summed E-state index contributed by atoms with van der Waals surface area (Å²) in [4.78, 5) is 0. The first-order chi connectivity index (χ1) is 38.4. The number of benzene rings is 8. The molecule has 0 aromatic heterocycles. The van der Waals surface area contributed by atoms with E-state index < -0.39 is 75.4 Å². The zero-order chi connectivity index (χ0) is 54.3. The lowest BCUT2D eigenvalue weighted by atomic mass is 9.72. The molecule has 4 atom stereocenters. The molecule has 4 fully saturated rings. The monoisotopic (exact) mass is 1090 g/mol. The van der Waals surface area contributed by atoms with Crippen LogP contribution in [0, 0.1) is 0 Å². The average Bonchev–Trinajstić information content (AvgIpc) is 3.13. The van der Waals surface area contributed by atoms with Gasteiger partial charge < -0.3 is 37.0 Å². The molecule has 12 rings (SSSR count). The Kier molecular flexibility index (Phi) is 15.0. The highest BCUT2D eigenvalue weighted by atomic mass is 31.2. The molecule has 0 amide bonds. The Morgan fingerprint density at radius 1 is 0.291 bits per heavy atom. The van der Waals surface area contributed by atoms with Gasteiger partial charge in [-0.1, -0.05) is 243 Å². The van der Waals surface area contributed by atoms with Crippen molar-refractivity contribution < 1.29 is 37.0 Å². The van der Waals surface area contributed by atoms with Crippen LogP contribution in [0.2, 0.25) is 0 Å². The van der Waals surface area contributed by atoms with Gasteiger partial charge in [0, 0.05) is 13.1 Å². The number of hydrogen-bond acceptors (Lipinski definition) is 10. The Labute approximate surface area is 468 Å². The van der Waals surface area contributed by atoms with Crippen LogP contribution in [0.3, 0.4) is 0 Å². The summed E-state index contributed by atoms with van der Waals surface area (Å²) >= 11 is 0. The van der Waals surface area contributed by atoms with E-state index in [2.05, 4.69) is 218 Å². The number of rotatable bonds is 14. The number of nitrogens with zero attached hydrogens (tertiary/aromatic N) is 2. The lowest BCUT2D eigenvalue weighted by Crippen LogP contribution is -2.53. The standard InChI is InChI=1S/C67H68N2O8P2/c1-62(2)70-58-59(71-62)65(52-36-19-9-20-37-52,53-38-21-10-22-39-53)75-78(74-64(58,50-32-15-7-16-33-50)51-34-17-8-18-35-51)68(5)48-31-49-69(6)79-76-66(54-40-23-11-24-41-54,55-42-25-12-26-43-55)60-61(73-63(3,4)72-60)67(77-79,56-44-27-13-28-45-56)57-46-29-14-30-47-57/h7-30,32-47,58-61H,31,48-49H2,1-6H3/t58-,59-,60-,61-/m1/s1. The third kappa shape index (κ3) is 9.64. The second-order valence-corrected chi connectivity index (χ2v) is 24.8. The van der Waals surface area contributed by atoms with Crippen molar-refractivity contribution in [3.8, 4) is 0 Å². The summed E-state index contributed by atoms with van der Waals surface area (Å²) in [6, 6.07) is 83.5. The minimum Gasteiger partial charge on any atom is -0.341 e. The Bertz CT molecular complexity index is 2680. The zero-order valence-corrected chi connectivity index (χ0v) is 47.4. The summed E-state index contributed by atoms with van der Waals surface area (Å²) in [6.45, 7) is 9.07. The van der Waals surface area contributed by atoms with Crippen LogP contribution in [0.15, 0.2) is 243 Å². The predicted molar refractivity (Wildman–Crippen MR) is 310 cm³/mol. The quantitative estimate of drug-likeness (QED) is 0.0982. The van der Waals surface area contributed by atoms with Gasteiger partial charge in [0.25, 0.3) is 17.1 Å². The van der Waals surface area contributed by atoms with Crippen molar-refractivity contribution in [3.63, 3.8) is 0 Å². The molecule has 404 valence electrons. The molecule has 79 heavy (non-hydrogen) atoms. The second kappa shape index (κ2) is 21.9. The SMILES string of the molecule is CN(CCCN(C)P1OC(c2ccccc2)(c2ccccc2)[C@@H]2OC(C)(C)O[C@H]2C(c2ccccc2)(c2ccccc2)O1)P1OC(c2ccccc2)(c2ccccc2)[C@@H]2OC(C)(C)O[C@H]2C(c2ccccc2)(c2ccccc2)O1. The third-order valence-electron chi connectivity index (χ3n) is 15.8. The molecule has 0 bridgehead atoms. The van der Waals surface area contributed by atoms with E-state index in [9.17, 15) is 0 Å². The maximum atomic E-state index is 7.92. The van der Waals surface area contributed by atoms with E-state index in [1.54, 1.807) is 0 Å². The Morgan fingerprint density at radius 2 is 0.456 bits per heavy atom. The maximum Gasteiger partial charge on any atom is 0.261 e. The van der Waals surface area contributed by atoms with Gasteiger partial charge in [0.15, 0.2) is 34.0 Å². The van der Waals surface area contributed by atoms with Crippen molar-refractivity contribution in [2.24, 2.45) is 0 Å². The lowest BCUT2D eigenvalue weighted by molar-refractivity contribution is -0.175. The van der Waals surface area contributed by atoms with Crippen molar-refractivity contribution in [2.45, 2.75) is 92.5 Å². The van der Waals surface area contributed by atoms with Gasteiger partial charge in [-0.3, -0.25) is 0 Å². The van der Waals surface area contributed by atoms with E-state index in [0.29, 0.717) is 19.5 Å². The van der Waals surface area contributed by atoms with Gasteiger partial charge in [-0.05, 0) is 92.7 Å². The van der Waals surface area contributed by atoms with Crippen LogP contribution in [0.1, 0.15) is 78.6 Å². The Balaban J connectivity index is 0.962. The minimum atomic E-state index is -1.94. The molecule has 8 aromatic rings. The smallest absolute Gasteiger partial charge is 0.261 e. The van der Waals surface area contributed by atoms with Crippen molar-refractivity contribution in [3.05, 3.63) is 287 Å². The highest BCUT2D eigenvalue weighted by Gasteiger charge is 2.69. The average molecular weight is 1090 g/mol. The molecule has 0 saturated carbocycles. The van der Waals surface area contributed by atoms with E-state index in [0.717, 1.165) is 44.5 Å². The van der Waals surface area contributed by atoms with Crippen molar-refractivity contribution in [1.29, 1.82) is 0 Å². The normalized spacial score (nSPS) is 23.8. The minimum absolute atomic E-state index is 0.567. The van der Waals surface area contributed by atoms with Crippen molar-refractivity contribution >= 4 is 17.1 Å². The Morgan fingerprint density at radius 3 is 0.620 bits per heavy atom. The molecule has 0 N–H and O–H groups in total. The summed E-state index contributed by atoms with van der Waals surface area (Å²) < 4.78 is 65.3. The van der Waals surface area contributed by atoms with E-state index in [1.165, 1.54) is 0 Å². The van der Waals surface area contributed by atoms with Crippen LogP contribution in [0.4, 0.5) is 0 Å². The van der Waals surface area contributed by atoms with Gasteiger partial charge in [-0.15, -0.1) is 0 Å². The molecule has 12 heteroatoms. The number of fused-ring (bicyclic) bond motifs is 2. The summed E-state index contributed by atoms with van der Waals surface area (Å²) in [7, 11) is 0.331. The van der Waals surface area contributed by atoms with Crippen molar-refractivity contribution in [1.82, 2.24) is 9.34 Å². The van der Waals surface area contributed by atoms with Crippen LogP contribution in [-0.2, 0) is 59.4 Å². The molecule has 10 nitrogen and oxygen atoms in total. The highest BCUT2D eigenvalue weighted by Crippen LogP contribution is 2.67. The molecule has 4 saturated heterocycles. The van der Waals surface area contributed by atoms with Gasteiger partial charge in [-0.25, -0.2) is 9.34 Å². The first-order valence-corrected chi connectivity index (χ1v) is 29.6. The number of ether oxygens (including phenoxy) is 4. The Hall–Kier alpha value is -5.78.